The molecule has 0 bridgehead atoms. The largest absolute Gasteiger partial charge is 0.440 e. The van der Waals surface area contributed by atoms with Gasteiger partial charge in [-0.2, -0.15) is 0 Å². The number of amides is 1. The third-order valence-corrected chi connectivity index (χ3v) is 4.81. The van der Waals surface area contributed by atoms with Gasteiger partial charge in [0.15, 0.2) is 11.0 Å². The molecule has 20 heavy (non-hydrogen) atoms. The lowest BCUT2D eigenvalue weighted by atomic mass is 10.0. The van der Waals surface area contributed by atoms with Crippen molar-refractivity contribution in [3.05, 3.63) is 23.1 Å². The van der Waals surface area contributed by atoms with Gasteiger partial charge in [0.25, 0.3) is 5.91 Å². The Kier molecular flexibility index (Phi) is 4.03. The lowest BCUT2D eigenvalue weighted by molar-refractivity contribution is 0.0619. The molecule has 2 aliphatic rings. The number of likely N-dealkylation sites (N-methyl/N-ethyl adjacent to an activating group) is 1. The maximum atomic E-state index is 12.6. The molecular formula is C15H21ClN2O2. The van der Waals surface area contributed by atoms with Gasteiger partial charge >= 0.3 is 0 Å². The van der Waals surface area contributed by atoms with Gasteiger partial charge in [-0.1, -0.05) is 6.92 Å². The number of carbonyl (C=O) groups excluding carboxylic acids is 1. The molecule has 0 radical (unpaired) electrons. The van der Waals surface area contributed by atoms with Gasteiger partial charge in [0.2, 0.25) is 0 Å². The third-order valence-electron chi connectivity index (χ3n) is 4.61. The van der Waals surface area contributed by atoms with Crippen molar-refractivity contribution in [1.29, 1.82) is 0 Å². The smallest absolute Gasteiger partial charge is 0.289 e. The van der Waals surface area contributed by atoms with E-state index >= 15 is 0 Å². The Hall–Kier alpha value is -1.00. The summed E-state index contributed by atoms with van der Waals surface area (Å²) in [4.78, 5) is 17.1. The first-order valence-electron chi connectivity index (χ1n) is 7.51. The second-order valence-corrected chi connectivity index (χ2v) is 6.02. The molecular weight excluding hydrogens is 276 g/mol. The summed E-state index contributed by atoms with van der Waals surface area (Å²) in [5.41, 5.74) is 0. The topological polar surface area (TPSA) is 36.7 Å². The number of nitrogens with zero attached hydrogens (tertiary/aromatic N) is 2. The Morgan fingerprint density at radius 3 is 2.75 bits per heavy atom. The third kappa shape index (κ3) is 2.47. The minimum atomic E-state index is -0.0117. The number of rotatable bonds is 3. The molecule has 0 N–H and O–H groups in total. The maximum absolute atomic E-state index is 12.6. The van der Waals surface area contributed by atoms with Crippen LogP contribution in [0.2, 0.25) is 5.22 Å². The second-order valence-electron chi connectivity index (χ2n) is 5.65. The monoisotopic (exact) mass is 296 g/mol. The molecule has 2 atom stereocenters. The number of furan rings is 1. The van der Waals surface area contributed by atoms with Gasteiger partial charge in [0.1, 0.15) is 0 Å². The molecule has 1 aromatic heterocycles. The molecule has 2 aliphatic heterocycles. The first-order valence-corrected chi connectivity index (χ1v) is 7.89. The highest BCUT2D eigenvalue weighted by atomic mass is 35.5. The summed E-state index contributed by atoms with van der Waals surface area (Å²) < 4.78 is 5.28. The molecule has 0 aliphatic carbocycles. The van der Waals surface area contributed by atoms with E-state index in [1.54, 1.807) is 12.1 Å². The lowest BCUT2D eigenvalue weighted by Gasteiger charge is -2.34. The number of likely N-dealkylation sites (tertiary alicyclic amines) is 2. The van der Waals surface area contributed by atoms with Gasteiger partial charge < -0.3 is 9.32 Å². The van der Waals surface area contributed by atoms with Crippen molar-refractivity contribution in [2.45, 2.75) is 44.7 Å². The Morgan fingerprint density at radius 2 is 2.05 bits per heavy atom. The minimum absolute atomic E-state index is 0.0117. The minimum Gasteiger partial charge on any atom is -0.440 e. The SMILES string of the molecule is CCN1CCCC1C1CCCN1C(=O)c1ccc(Cl)o1. The van der Waals surface area contributed by atoms with Crippen LogP contribution >= 0.6 is 11.6 Å². The molecule has 3 rings (SSSR count). The molecule has 0 saturated carbocycles. The second kappa shape index (κ2) is 5.78. The van der Waals surface area contributed by atoms with E-state index in [0.717, 1.165) is 32.5 Å². The van der Waals surface area contributed by atoms with Crippen LogP contribution in [-0.2, 0) is 0 Å². The van der Waals surface area contributed by atoms with Crippen molar-refractivity contribution in [3.8, 4) is 0 Å². The van der Waals surface area contributed by atoms with E-state index in [1.807, 2.05) is 4.90 Å². The molecule has 0 aromatic carbocycles. The van der Waals surface area contributed by atoms with Crippen molar-refractivity contribution in [2.75, 3.05) is 19.6 Å². The zero-order valence-corrected chi connectivity index (χ0v) is 12.6. The Morgan fingerprint density at radius 1 is 1.30 bits per heavy atom. The highest BCUT2D eigenvalue weighted by Crippen LogP contribution is 2.31. The van der Waals surface area contributed by atoms with Crippen LogP contribution < -0.4 is 0 Å². The highest BCUT2D eigenvalue weighted by molar-refractivity contribution is 6.29. The standard InChI is InChI=1S/C15H21ClN2O2/c1-2-17-9-3-5-11(17)12-6-4-10-18(12)15(19)13-7-8-14(16)20-13/h7-8,11-12H,2-6,9-10H2,1H3. The first-order chi connectivity index (χ1) is 9.70. The van der Waals surface area contributed by atoms with Gasteiger partial charge in [-0.05, 0) is 62.5 Å². The fourth-order valence-electron chi connectivity index (χ4n) is 3.70. The average Bonchev–Trinajstić information content (AvgIpc) is 3.16. The van der Waals surface area contributed by atoms with Crippen molar-refractivity contribution in [3.63, 3.8) is 0 Å². The summed E-state index contributed by atoms with van der Waals surface area (Å²) >= 11 is 5.77. The molecule has 2 fully saturated rings. The highest BCUT2D eigenvalue weighted by Gasteiger charge is 2.39. The van der Waals surface area contributed by atoms with Crippen LogP contribution in [-0.4, -0.2) is 47.4 Å². The van der Waals surface area contributed by atoms with E-state index in [1.165, 1.54) is 12.8 Å². The summed E-state index contributed by atoms with van der Waals surface area (Å²) in [6, 6.07) is 4.14. The first kappa shape index (κ1) is 14.0. The molecule has 5 heteroatoms. The summed E-state index contributed by atoms with van der Waals surface area (Å²) in [5, 5.41) is 0.278. The van der Waals surface area contributed by atoms with E-state index in [9.17, 15) is 4.79 Å². The molecule has 2 saturated heterocycles. The van der Waals surface area contributed by atoms with Crippen LogP contribution in [0.25, 0.3) is 0 Å². The molecule has 2 unspecified atom stereocenters. The number of hydrogen-bond donors (Lipinski definition) is 0. The van der Waals surface area contributed by atoms with Gasteiger partial charge in [0.05, 0.1) is 0 Å². The molecule has 4 nitrogen and oxygen atoms in total. The molecule has 3 heterocycles. The summed E-state index contributed by atoms with van der Waals surface area (Å²) in [5.74, 6) is 0.352. The van der Waals surface area contributed by atoms with Gasteiger partial charge in [-0.25, -0.2) is 0 Å². The predicted octanol–water partition coefficient (Wildman–Crippen LogP) is 3.02. The number of hydrogen-bond acceptors (Lipinski definition) is 3. The normalized spacial score (nSPS) is 27.4. The maximum Gasteiger partial charge on any atom is 0.289 e. The quantitative estimate of drug-likeness (QED) is 0.860. The van der Waals surface area contributed by atoms with E-state index in [2.05, 4.69) is 11.8 Å². The summed E-state index contributed by atoms with van der Waals surface area (Å²) in [6.07, 6.45) is 4.62. The van der Waals surface area contributed by atoms with Crippen molar-refractivity contribution in [1.82, 2.24) is 9.80 Å². The van der Waals surface area contributed by atoms with Crippen molar-refractivity contribution < 1.29 is 9.21 Å². The van der Waals surface area contributed by atoms with E-state index < -0.39 is 0 Å². The molecule has 110 valence electrons. The van der Waals surface area contributed by atoms with Crippen LogP contribution in [0.4, 0.5) is 0 Å². The van der Waals surface area contributed by atoms with Crippen LogP contribution in [0.1, 0.15) is 43.2 Å². The van der Waals surface area contributed by atoms with Crippen molar-refractivity contribution >= 4 is 17.5 Å². The van der Waals surface area contributed by atoms with Gasteiger partial charge in [-0.3, -0.25) is 9.69 Å². The van der Waals surface area contributed by atoms with Crippen LogP contribution in [0.5, 0.6) is 0 Å². The fraction of sp³-hybridized carbons (Fsp3) is 0.667. The average molecular weight is 297 g/mol. The molecule has 0 spiro atoms. The Bertz CT molecular complexity index is 488. The number of halogens is 1. The van der Waals surface area contributed by atoms with Crippen molar-refractivity contribution in [2.24, 2.45) is 0 Å². The lowest BCUT2D eigenvalue weighted by Crippen LogP contribution is -2.48. The van der Waals surface area contributed by atoms with Crippen LogP contribution in [0.3, 0.4) is 0 Å². The van der Waals surface area contributed by atoms with E-state index in [4.69, 9.17) is 16.0 Å². The molecule has 1 aromatic rings. The zero-order valence-electron chi connectivity index (χ0n) is 11.8. The predicted molar refractivity (Wildman–Crippen MR) is 78.0 cm³/mol. The summed E-state index contributed by atoms with van der Waals surface area (Å²) in [7, 11) is 0. The zero-order chi connectivity index (χ0) is 14.1. The van der Waals surface area contributed by atoms with Gasteiger partial charge in [-0.15, -0.1) is 0 Å². The van der Waals surface area contributed by atoms with Gasteiger partial charge in [0, 0.05) is 18.6 Å². The molecule has 1 amide bonds. The van der Waals surface area contributed by atoms with E-state index in [0.29, 0.717) is 17.8 Å². The summed E-state index contributed by atoms with van der Waals surface area (Å²) in [6.45, 7) is 5.25. The fourth-order valence-corrected chi connectivity index (χ4v) is 3.84. The Balaban J connectivity index is 1.77. The Labute approximate surface area is 124 Å². The van der Waals surface area contributed by atoms with E-state index in [-0.39, 0.29) is 11.1 Å². The number of carbonyl (C=O) groups is 1. The van der Waals surface area contributed by atoms with Crippen LogP contribution in [0, 0.1) is 0 Å². The van der Waals surface area contributed by atoms with Crippen LogP contribution in [0.15, 0.2) is 16.5 Å².